The Hall–Kier alpha value is -1.30. The van der Waals surface area contributed by atoms with Crippen molar-refractivity contribution in [2.45, 2.75) is 6.04 Å². The molecule has 1 unspecified atom stereocenters. The molecule has 1 fully saturated rings. The van der Waals surface area contributed by atoms with E-state index in [0.29, 0.717) is 36.0 Å². The van der Waals surface area contributed by atoms with E-state index in [1.165, 1.54) is 0 Å². The average Bonchev–Trinajstić information content (AvgIpc) is 2.38. The van der Waals surface area contributed by atoms with Crippen LogP contribution in [-0.2, 0) is 4.74 Å². The van der Waals surface area contributed by atoms with Crippen molar-refractivity contribution in [1.29, 1.82) is 0 Å². The van der Waals surface area contributed by atoms with Crippen LogP contribution in [0.25, 0.3) is 0 Å². The number of nitrogen functional groups attached to an aromatic ring is 1. The summed E-state index contributed by atoms with van der Waals surface area (Å²) >= 11 is 5.80. The van der Waals surface area contributed by atoms with Crippen molar-refractivity contribution in [3.8, 4) is 0 Å². The van der Waals surface area contributed by atoms with Gasteiger partial charge >= 0.3 is 0 Å². The number of morpholine rings is 1. The van der Waals surface area contributed by atoms with Crippen LogP contribution >= 0.6 is 11.6 Å². The summed E-state index contributed by atoms with van der Waals surface area (Å²) < 4.78 is 5.23. The lowest BCUT2D eigenvalue weighted by Gasteiger charge is -2.34. The van der Waals surface area contributed by atoms with Gasteiger partial charge in [-0.3, -0.25) is 4.79 Å². The quantitative estimate of drug-likeness (QED) is 0.778. The zero-order valence-corrected chi connectivity index (χ0v) is 10.6. The van der Waals surface area contributed by atoms with Crippen LogP contribution < -0.4 is 5.73 Å². The summed E-state index contributed by atoms with van der Waals surface area (Å²) in [6, 6.07) is 4.45. The van der Waals surface area contributed by atoms with E-state index in [0.717, 1.165) is 0 Å². The fraction of sp³-hybridized carbons (Fsp3) is 0.417. The van der Waals surface area contributed by atoms with Gasteiger partial charge in [0.25, 0.3) is 5.91 Å². The molecule has 3 N–H and O–H groups in total. The number of carbonyl (C=O) groups is 1. The molecule has 1 aromatic rings. The van der Waals surface area contributed by atoms with Crippen molar-refractivity contribution in [1.82, 2.24) is 4.90 Å². The number of nitrogens with zero attached hydrogens (tertiary/aromatic N) is 1. The van der Waals surface area contributed by atoms with E-state index in [1.54, 1.807) is 23.1 Å². The Balaban J connectivity index is 2.24. The summed E-state index contributed by atoms with van der Waals surface area (Å²) in [6.07, 6.45) is 0. The minimum absolute atomic E-state index is 0.126. The Morgan fingerprint density at radius 2 is 2.39 bits per heavy atom. The zero-order valence-electron chi connectivity index (χ0n) is 9.80. The first-order valence-electron chi connectivity index (χ1n) is 5.68. The van der Waals surface area contributed by atoms with Crippen molar-refractivity contribution in [2.75, 3.05) is 32.1 Å². The largest absolute Gasteiger partial charge is 0.398 e. The van der Waals surface area contributed by atoms with E-state index in [4.69, 9.17) is 22.1 Å². The zero-order chi connectivity index (χ0) is 13.1. The number of nitrogens with two attached hydrogens (primary N) is 1. The van der Waals surface area contributed by atoms with Crippen LogP contribution in [0.1, 0.15) is 10.4 Å². The number of aliphatic hydroxyl groups excluding tert-OH is 1. The topological polar surface area (TPSA) is 75.8 Å². The van der Waals surface area contributed by atoms with Crippen LogP contribution in [0.15, 0.2) is 18.2 Å². The first kappa shape index (κ1) is 13.1. The molecule has 0 saturated carbocycles. The highest BCUT2D eigenvalue weighted by molar-refractivity contribution is 6.31. The van der Waals surface area contributed by atoms with Gasteiger partial charge in [-0.1, -0.05) is 11.6 Å². The number of carbonyl (C=O) groups excluding carboxylic acids is 1. The molecule has 98 valence electrons. The number of hydrogen-bond donors (Lipinski definition) is 2. The minimum atomic E-state index is -0.318. The van der Waals surface area contributed by atoms with E-state index in [1.807, 2.05) is 0 Å². The Bertz CT molecular complexity index is 453. The monoisotopic (exact) mass is 270 g/mol. The molecule has 1 heterocycles. The molecule has 2 rings (SSSR count). The summed E-state index contributed by atoms with van der Waals surface area (Å²) in [5.74, 6) is -0.202. The minimum Gasteiger partial charge on any atom is -0.398 e. The molecule has 1 aliphatic rings. The second-order valence-corrected chi connectivity index (χ2v) is 4.58. The van der Waals surface area contributed by atoms with Crippen LogP contribution in [0.3, 0.4) is 0 Å². The highest BCUT2D eigenvalue weighted by Crippen LogP contribution is 2.21. The van der Waals surface area contributed by atoms with Crippen LogP contribution in [0, 0.1) is 0 Å². The fourth-order valence-electron chi connectivity index (χ4n) is 1.96. The Labute approximate surface area is 110 Å². The third-order valence-electron chi connectivity index (χ3n) is 2.94. The lowest BCUT2D eigenvalue weighted by Crippen LogP contribution is -2.50. The maximum atomic E-state index is 12.3. The van der Waals surface area contributed by atoms with Gasteiger partial charge < -0.3 is 20.5 Å². The normalized spacial score (nSPS) is 19.9. The number of anilines is 1. The molecule has 0 bridgehead atoms. The summed E-state index contributed by atoms with van der Waals surface area (Å²) in [4.78, 5) is 13.9. The van der Waals surface area contributed by atoms with E-state index >= 15 is 0 Å². The smallest absolute Gasteiger partial charge is 0.256 e. The van der Waals surface area contributed by atoms with E-state index in [2.05, 4.69) is 0 Å². The lowest BCUT2D eigenvalue weighted by molar-refractivity contribution is -0.0183. The molecule has 0 aromatic heterocycles. The molecule has 5 nitrogen and oxygen atoms in total. The number of benzene rings is 1. The van der Waals surface area contributed by atoms with Crippen molar-refractivity contribution in [3.05, 3.63) is 28.8 Å². The van der Waals surface area contributed by atoms with Crippen molar-refractivity contribution in [3.63, 3.8) is 0 Å². The number of hydrogen-bond acceptors (Lipinski definition) is 4. The van der Waals surface area contributed by atoms with Crippen LogP contribution in [0.2, 0.25) is 5.02 Å². The van der Waals surface area contributed by atoms with Crippen LogP contribution in [0.5, 0.6) is 0 Å². The highest BCUT2D eigenvalue weighted by atomic mass is 35.5. The van der Waals surface area contributed by atoms with E-state index in [-0.39, 0.29) is 18.6 Å². The number of rotatable bonds is 2. The molecule has 18 heavy (non-hydrogen) atoms. The van der Waals surface area contributed by atoms with Gasteiger partial charge in [-0.15, -0.1) is 0 Å². The molecule has 6 heteroatoms. The molecule has 1 saturated heterocycles. The third kappa shape index (κ3) is 2.58. The van der Waals surface area contributed by atoms with Gasteiger partial charge in [0.2, 0.25) is 0 Å². The standard InChI is InChI=1S/C12H15ClN2O3/c13-8-1-2-10(11(14)5-8)12(17)15-3-4-18-7-9(15)6-16/h1-2,5,9,16H,3-4,6-7,14H2. The first-order chi connectivity index (χ1) is 8.63. The molecule has 0 radical (unpaired) electrons. The maximum absolute atomic E-state index is 12.3. The number of amides is 1. The highest BCUT2D eigenvalue weighted by Gasteiger charge is 2.28. The summed E-state index contributed by atoms with van der Waals surface area (Å²) in [5.41, 5.74) is 6.54. The Morgan fingerprint density at radius 1 is 1.61 bits per heavy atom. The Kier molecular flexibility index (Phi) is 4.06. The van der Waals surface area contributed by atoms with Crippen molar-refractivity contribution in [2.24, 2.45) is 0 Å². The Morgan fingerprint density at radius 3 is 3.06 bits per heavy atom. The molecule has 1 aliphatic heterocycles. The summed E-state index contributed by atoms with van der Waals surface area (Å²) in [5, 5.41) is 9.73. The fourth-order valence-corrected chi connectivity index (χ4v) is 2.14. The molecule has 1 aromatic carbocycles. The summed E-state index contributed by atoms with van der Waals surface area (Å²) in [6.45, 7) is 1.14. The van der Waals surface area contributed by atoms with Gasteiger partial charge in [-0.2, -0.15) is 0 Å². The predicted octanol–water partition coefficient (Wildman–Crippen LogP) is 0.756. The number of ether oxygens (including phenoxy) is 1. The molecular weight excluding hydrogens is 256 g/mol. The summed E-state index contributed by atoms with van der Waals surface area (Å²) in [7, 11) is 0. The van der Waals surface area contributed by atoms with Crippen LogP contribution in [0.4, 0.5) is 5.69 Å². The van der Waals surface area contributed by atoms with Crippen molar-refractivity contribution < 1.29 is 14.6 Å². The van der Waals surface area contributed by atoms with E-state index < -0.39 is 0 Å². The second kappa shape index (κ2) is 5.56. The molecule has 1 atom stereocenters. The van der Waals surface area contributed by atoms with Crippen molar-refractivity contribution >= 4 is 23.2 Å². The maximum Gasteiger partial charge on any atom is 0.256 e. The third-order valence-corrected chi connectivity index (χ3v) is 3.18. The molecule has 0 aliphatic carbocycles. The van der Waals surface area contributed by atoms with Gasteiger partial charge in [0.1, 0.15) is 0 Å². The molecular formula is C12H15ClN2O3. The van der Waals surface area contributed by atoms with Gasteiger partial charge in [0, 0.05) is 17.3 Å². The van der Waals surface area contributed by atoms with E-state index in [9.17, 15) is 9.90 Å². The molecule has 1 amide bonds. The van der Waals surface area contributed by atoms with Gasteiger partial charge in [-0.25, -0.2) is 0 Å². The SMILES string of the molecule is Nc1cc(Cl)ccc1C(=O)N1CCOCC1CO. The van der Waals surface area contributed by atoms with Gasteiger partial charge in [-0.05, 0) is 18.2 Å². The number of halogens is 1. The average molecular weight is 271 g/mol. The second-order valence-electron chi connectivity index (χ2n) is 4.14. The van der Waals surface area contributed by atoms with Gasteiger partial charge in [0.05, 0.1) is 31.4 Å². The lowest BCUT2D eigenvalue weighted by atomic mass is 10.1. The van der Waals surface area contributed by atoms with Crippen LogP contribution in [-0.4, -0.2) is 48.3 Å². The predicted molar refractivity (Wildman–Crippen MR) is 68.6 cm³/mol. The number of aliphatic hydroxyl groups is 1. The first-order valence-corrected chi connectivity index (χ1v) is 6.06. The van der Waals surface area contributed by atoms with Gasteiger partial charge in [0.15, 0.2) is 0 Å². The molecule has 0 spiro atoms.